The van der Waals surface area contributed by atoms with Gasteiger partial charge >= 0.3 is 0 Å². The van der Waals surface area contributed by atoms with E-state index in [1.54, 1.807) is 6.07 Å². The molecule has 0 saturated heterocycles. The summed E-state index contributed by atoms with van der Waals surface area (Å²) < 4.78 is 31.2. The molecular formula is C11H9F2N3O2. The molecule has 18 heavy (non-hydrogen) atoms. The van der Waals surface area contributed by atoms with Crippen LogP contribution in [0.25, 0.3) is 0 Å². The van der Waals surface area contributed by atoms with Crippen LogP contribution < -0.4 is 15.8 Å². The van der Waals surface area contributed by atoms with E-state index in [4.69, 9.17) is 15.7 Å². The highest BCUT2D eigenvalue weighted by Crippen LogP contribution is 2.32. The molecule has 7 heteroatoms. The van der Waals surface area contributed by atoms with E-state index in [1.165, 1.54) is 0 Å². The van der Waals surface area contributed by atoms with Gasteiger partial charge in [-0.05, 0) is 0 Å². The average molecular weight is 253 g/mol. The molecule has 2 rings (SSSR count). The molecule has 1 aliphatic heterocycles. The van der Waals surface area contributed by atoms with E-state index in [-0.39, 0.29) is 17.9 Å². The van der Waals surface area contributed by atoms with Crippen molar-refractivity contribution in [3.05, 3.63) is 23.8 Å². The first-order chi connectivity index (χ1) is 8.51. The van der Waals surface area contributed by atoms with Crippen molar-refractivity contribution in [2.24, 2.45) is 5.73 Å². The SMILES string of the molecule is N#C[C@@H](N)C[C@@H]1Oc2cc(F)c(F)cc2NC1=O. The van der Waals surface area contributed by atoms with Crippen molar-refractivity contribution in [1.82, 2.24) is 0 Å². The minimum Gasteiger partial charge on any atom is -0.478 e. The molecule has 2 atom stereocenters. The number of hydrogen-bond acceptors (Lipinski definition) is 4. The summed E-state index contributed by atoms with van der Waals surface area (Å²) in [4.78, 5) is 11.6. The number of hydrogen-bond donors (Lipinski definition) is 2. The molecule has 0 saturated carbocycles. The number of carbonyl (C=O) groups is 1. The Kier molecular flexibility index (Phi) is 3.12. The van der Waals surface area contributed by atoms with E-state index in [0.29, 0.717) is 0 Å². The Balaban J connectivity index is 2.25. The molecule has 0 aromatic heterocycles. The van der Waals surface area contributed by atoms with Gasteiger partial charge in [-0.25, -0.2) is 8.78 Å². The lowest BCUT2D eigenvalue weighted by Crippen LogP contribution is -2.41. The number of benzene rings is 1. The zero-order valence-corrected chi connectivity index (χ0v) is 9.11. The summed E-state index contributed by atoms with van der Waals surface area (Å²) in [5, 5.41) is 10.9. The van der Waals surface area contributed by atoms with Crippen LogP contribution in [0.5, 0.6) is 5.75 Å². The molecular weight excluding hydrogens is 244 g/mol. The number of nitrogens with zero attached hydrogens (tertiary/aromatic N) is 1. The number of nitriles is 1. The summed E-state index contributed by atoms with van der Waals surface area (Å²) in [6, 6.07) is 2.57. The second-order valence-corrected chi connectivity index (χ2v) is 3.83. The number of amides is 1. The minimum atomic E-state index is -1.08. The standard InChI is InChI=1S/C11H9F2N3O2/c12-6-2-8-9(3-7(6)13)18-10(11(17)16-8)1-5(15)4-14/h2-3,5,10H,1,15H2,(H,16,17)/t5-,10-/m0/s1. The van der Waals surface area contributed by atoms with Crippen LogP contribution in [0, 0.1) is 23.0 Å². The van der Waals surface area contributed by atoms with Gasteiger partial charge in [-0.15, -0.1) is 0 Å². The predicted molar refractivity (Wildman–Crippen MR) is 57.6 cm³/mol. The average Bonchev–Trinajstić information content (AvgIpc) is 2.32. The van der Waals surface area contributed by atoms with Crippen LogP contribution in [-0.2, 0) is 4.79 Å². The molecule has 5 nitrogen and oxygen atoms in total. The lowest BCUT2D eigenvalue weighted by Gasteiger charge is -2.26. The van der Waals surface area contributed by atoms with Gasteiger partial charge in [0.2, 0.25) is 0 Å². The lowest BCUT2D eigenvalue weighted by molar-refractivity contribution is -0.123. The van der Waals surface area contributed by atoms with Gasteiger partial charge in [-0.2, -0.15) is 5.26 Å². The Labute approximate surface area is 101 Å². The maximum absolute atomic E-state index is 13.0. The van der Waals surface area contributed by atoms with Crippen LogP contribution in [0.3, 0.4) is 0 Å². The highest BCUT2D eigenvalue weighted by atomic mass is 19.2. The van der Waals surface area contributed by atoms with Crippen LogP contribution in [0.15, 0.2) is 12.1 Å². The Morgan fingerprint density at radius 2 is 2.17 bits per heavy atom. The molecule has 94 valence electrons. The van der Waals surface area contributed by atoms with Crippen molar-refractivity contribution in [1.29, 1.82) is 5.26 Å². The van der Waals surface area contributed by atoms with E-state index in [9.17, 15) is 13.6 Å². The Morgan fingerprint density at radius 3 is 2.83 bits per heavy atom. The number of rotatable bonds is 2. The third kappa shape index (κ3) is 2.24. The first-order valence-electron chi connectivity index (χ1n) is 5.13. The minimum absolute atomic E-state index is 0.0173. The van der Waals surface area contributed by atoms with Gasteiger partial charge in [0.05, 0.1) is 17.8 Å². The fraction of sp³-hybridized carbons (Fsp3) is 0.273. The maximum Gasteiger partial charge on any atom is 0.265 e. The van der Waals surface area contributed by atoms with E-state index in [0.717, 1.165) is 12.1 Å². The van der Waals surface area contributed by atoms with Crippen molar-refractivity contribution in [2.75, 3.05) is 5.32 Å². The van der Waals surface area contributed by atoms with Crippen molar-refractivity contribution in [2.45, 2.75) is 18.6 Å². The predicted octanol–water partition coefficient (Wildman–Crippen LogP) is 0.905. The molecule has 1 amide bonds. The van der Waals surface area contributed by atoms with Gasteiger partial charge in [0, 0.05) is 18.6 Å². The van der Waals surface area contributed by atoms with Gasteiger partial charge in [0.25, 0.3) is 5.91 Å². The first kappa shape index (κ1) is 12.3. The molecule has 0 aliphatic carbocycles. The van der Waals surface area contributed by atoms with E-state index < -0.39 is 29.7 Å². The van der Waals surface area contributed by atoms with Gasteiger partial charge in [-0.1, -0.05) is 0 Å². The fourth-order valence-corrected chi connectivity index (χ4v) is 1.58. The Morgan fingerprint density at radius 1 is 1.50 bits per heavy atom. The van der Waals surface area contributed by atoms with Crippen LogP contribution >= 0.6 is 0 Å². The number of nitrogens with one attached hydrogen (secondary N) is 1. The molecule has 0 unspecified atom stereocenters. The molecule has 0 fully saturated rings. The molecule has 3 N–H and O–H groups in total. The largest absolute Gasteiger partial charge is 0.478 e. The maximum atomic E-state index is 13.0. The van der Waals surface area contributed by atoms with Gasteiger partial charge < -0.3 is 15.8 Å². The summed E-state index contributed by atoms with van der Waals surface area (Å²) in [7, 11) is 0. The van der Waals surface area contributed by atoms with Crippen LogP contribution in [0.4, 0.5) is 14.5 Å². The Hall–Kier alpha value is -2.20. The molecule has 0 radical (unpaired) electrons. The van der Waals surface area contributed by atoms with Crippen molar-refractivity contribution in [3.8, 4) is 11.8 Å². The van der Waals surface area contributed by atoms with E-state index >= 15 is 0 Å². The van der Waals surface area contributed by atoms with Crippen LogP contribution in [-0.4, -0.2) is 18.1 Å². The van der Waals surface area contributed by atoms with E-state index in [1.807, 2.05) is 0 Å². The summed E-state index contributed by atoms with van der Waals surface area (Å²) in [6.45, 7) is 0. The Bertz CT molecular complexity index is 542. The van der Waals surface area contributed by atoms with E-state index in [2.05, 4.69) is 5.32 Å². The molecule has 1 aromatic carbocycles. The second-order valence-electron chi connectivity index (χ2n) is 3.83. The van der Waals surface area contributed by atoms with Crippen molar-refractivity contribution < 1.29 is 18.3 Å². The lowest BCUT2D eigenvalue weighted by atomic mass is 10.1. The molecule has 0 bridgehead atoms. The summed E-state index contributed by atoms with van der Waals surface area (Å²) in [5.41, 5.74) is 5.44. The zero-order chi connectivity index (χ0) is 13.3. The third-order valence-electron chi connectivity index (χ3n) is 2.48. The fourth-order valence-electron chi connectivity index (χ4n) is 1.58. The topological polar surface area (TPSA) is 88.1 Å². The molecule has 0 spiro atoms. The van der Waals surface area contributed by atoms with Crippen molar-refractivity contribution in [3.63, 3.8) is 0 Å². The monoisotopic (exact) mass is 253 g/mol. The number of carbonyl (C=O) groups excluding carboxylic acids is 1. The zero-order valence-electron chi connectivity index (χ0n) is 9.11. The van der Waals surface area contributed by atoms with Gasteiger partial charge in [0.1, 0.15) is 5.75 Å². The highest BCUT2D eigenvalue weighted by Gasteiger charge is 2.30. The number of anilines is 1. The van der Waals surface area contributed by atoms with Crippen molar-refractivity contribution >= 4 is 11.6 Å². The normalized spacial score (nSPS) is 19.2. The molecule has 1 heterocycles. The smallest absolute Gasteiger partial charge is 0.265 e. The number of fused-ring (bicyclic) bond motifs is 1. The molecule has 1 aliphatic rings. The summed E-state index contributed by atoms with van der Waals surface area (Å²) >= 11 is 0. The number of halogens is 2. The number of ether oxygens (including phenoxy) is 1. The van der Waals surface area contributed by atoms with Crippen LogP contribution in [0.2, 0.25) is 0 Å². The summed E-state index contributed by atoms with van der Waals surface area (Å²) in [5.74, 6) is -2.68. The van der Waals surface area contributed by atoms with Gasteiger partial charge in [-0.3, -0.25) is 4.79 Å². The quantitative estimate of drug-likeness (QED) is 0.819. The second kappa shape index (κ2) is 4.58. The third-order valence-corrected chi connectivity index (χ3v) is 2.48. The van der Waals surface area contributed by atoms with Crippen LogP contribution in [0.1, 0.15) is 6.42 Å². The van der Waals surface area contributed by atoms with Gasteiger partial charge in [0.15, 0.2) is 17.7 Å². The summed E-state index contributed by atoms with van der Waals surface area (Å²) in [6.07, 6.45) is -1.02. The highest BCUT2D eigenvalue weighted by molar-refractivity contribution is 5.97. The molecule has 1 aromatic rings. The number of nitrogens with two attached hydrogens (primary N) is 1. The first-order valence-corrected chi connectivity index (χ1v) is 5.13.